The molecule has 3 atom stereocenters. The Morgan fingerprint density at radius 1 is 1.58 bits per heavy atom. The topological polar surface area (TPSA) is 21.3 Å². The van der Waals surface area contributed by atoms with Crippen LogP contribution in [0.2, 0.25) is 0 Å². The Bertz CT molecular complexity index is 170. The summed E-state index contributed by atoms with van der Waals surface area (Å²) < 4.78 is 5.81. The highest BCUT2D eigenvalue weighted by atomic mass is 32.2. The van der Waals surface area contributed by atoms with Crippen LogP contribution < -0.4 is 5.32 Å². The van der Waals surface area contributed by atoms with Crippen molar-refractivity contribution < 1.29 is 4.74 Å². The van der Waals surface area contributed by atoms with Gasteiger partial charge in [0, 0.05) is 17.7 Å². The van der Waals surface area contributed by atoms with Gasteiger partial charge in [0.15, 0.2) is 0 Å². The summed E-state index contributed by atoms with van der Waals surface area (Å²) in [5.74, 6) is 3.28. The first-order valence-electron chi connectivity index (χ1n) is 4.70. The third-order valence-corrected chi connectivity index (χ3v) is 4.04. The van der Waals surface area contributed by atoms with Crippen molar-refractivity contribution in [3.05, 3.63) is 0 Å². The van der Waals surface area contributed by atoms with Crippen LogP contribution in [-0.4, -0.2) is 29.9 Å². The van der Waals surface area contributed by atoms with Crippen LogP contribution in [0.3, 0.4) is 0 Å². The fourth-order valence-corrected chi connectivity index (χ4v) is 3.46. The third kappa shape index (κ3) is 1.50. The average Bonchev–Trinajstić information content (AvgIpc) is 2.59. The van der Waals surface area contributed by atoms with E-state index in [2.05, 4.69) is 19.2 Å². The van der Waals surface area contributed by atoms with Crippen molar-refractivity contribution in [3.8, 4) is 0 Å². The van der Waals surface area contributed by atoms with Gasteiger partial charge in [-0.3, -0.25) is 5.32 Å². The van der Waals surface area contributed by atoms with Crippen molar-refractivity contribution >= 4 is 11.8 Å². The van der Waals surface area contributed by atoms with Crippen molar-refractivity contribution in [3.63, 3.8) is 0 Å². The average molecular weight is 187 g/mol. The predicted octanol–water partition coefficient (Wildman–Crippen LogP) is 1.46. The number of ether oxygens (including phenoxy) is 1. The van der Waals surface area contributed by atoms with E-state index in [4.69, 9.17) is 4.74 Å². The normalized spacial score (nSPS) is 48.5. The molecule has 2 aliphatic rings. The van der Waals surface area contributed by atoms with Crippen molar-refractivity contribution in [2.24, 2.45) is 5.92 Å². The molecule has 0 aliphatic carbocycles. The van der Waals surface area contributed by atoms with Gasteiger partial charge in [0.25, 0.3) is 0 Å². The zero-order valence-electron chi connectivity index (χ0n) is 7.80. The Morgan fingerprint density at radius 3 is 2.92 bits per heavy atom. The van der Waals surface area contributed by atoms with Gasteiger partial charge < -0.3 is 4.74 Å². The molecule has 0 aromatic rings. The van der Waals surface area contributed by atoms with Gasteiger partial charge in [0.05, 0.1) is 6.61 Å². The Kier molecular flexibility index (Phi) is 2.36. The smallest absolute Gasteiger partial charge is 0.120 e. The predicted molar refractivity (Wildman–Crippen MR) is 52.4 cm³/mol. The van der Waals surface area contributed by atoms with Gasteiger partial charge in [-0.15, -0.1) is 0 Å². The lowest BCUT2D eigenvalue weighted by Gasteiger charge is -2.30. The molecule has 0 radical (unpaired) electrons. The molecule has 2 saturated heterocycles. The molecule has 70 valence electrons. The quantitative estimate of drug-likeness (QED) is 0.671. The molecule has 0 spiro atoms. The summed E-state index contributed by atoms with van der Waals surface area (Å²) in [6.45, 7) is 5.26. The maximum absolute atomic E-state index is 5.81. The molecule has 3 heteroatoms. The second-order valence-corrected chi connectivity index (χ2v) is 5.17. The molecule has 2 rings (SSSR count). The van der Waals surface area contributed by atoms with Crippen LogP contribution in [0.15, 0.2) is 0 Å². The monoisotopic (exact) mass is 187 g/mol. The van der Waals surface area contributed by atoms with E-state index < -0.39 is 0 Å². The Balaban J connectivity index is 2.00. The minimum atomic E-state index is -0.0249. The molecule has 0 aromatic heterocycles. The van der Waals surface area contributed by atoms with E-state index in [9.17, 15) is 0 Å². The molecular weight excluding hydrogens is 170 g/mol. The zero-order chi connectivity index (χ0) is 8.60. The summed E-state index contributed by atoms with van der Waals surface area (Å²) >= 11 is 2.05. The van der Waals surface area contributed by atoms with Crippen LogP contribution in [0, 0.1) is 5.92 Å². The Labute approximate surface area is 78.4 Å². The van der Waals surface area contributed by atoms with Gasteiger partial charge >= 0.3 is 0 Å². The fourth-order valence-electron chi connectivity index (χ4n) is 2.08. The number of thioether (sulfide) groups is 1. The standard InChI is InChI=1S/C9H17NOS/c1-7-5-11-9(2,10-7)8-3-4-12-6-8/h7-8,10H,3-6H2,1-2H3. The molecule has 0 bridgehead atoms. The molecule has 2 aliphatic heterocycles. The molecule has 2 heterocycles. The maximum Gasteiger partial charge on any atom is 0.120 e. The van der Waals surface area contributed by atoms with Gasteiger partial charge in [-0.2, -0.15) is 11.8 Å². The summed E-state index contributed by atoms with van der Waals surface area (Å²) in [5, 5.41) is 3.54. The molecule has 2 nitrogen and oxygen atoms in total. The zero-order valence-corrected chi connectivity index (χ0v) is 8.62. The summed E-state index contributed by atoms with van der Waals surface area (Å²) in [6.07, 6.45) is 1.31. The van der Waals surface area contributed by atoms with E-state index in [-0.39, 0.29) is 5.72 Å². The van der Waals surface area contributed by atoms with E-state index >= 15 is 0 Å². The lowest BCUT2D eigenvalue weighted by Crippen LogP contribution is -2.47. The van der Waals surface area contributed by atoms with Crippen molar-refractivity contribution in [2.45, 2.75) is 32.0 Å². The van der Waals surface area contributed by atoms with Crippen LogP contribution in [-0.2, 0) is 4.74 Å². The summed E-state index contributed by atoms with van der Waals surface area (Å²) in [4.78, 5) is 0. The number of hydrogen-bond acceptors (Lipinski definition) is 3. The molecular formula is C9H17NOS. The second-order valence-electron chi connectivity index (χ2n) is 4.02. The molecule has 12 heavy (non-hydrogen) atoms. The van der Waals surface area contributed by atoms with Gasteiger partial charge in [-0.05, 0) is 26.0 Å². The van der Waals surface area contributed by atoms with Crippen LogP contribution in [0.4, 0.5) is 0 Å². The minimum absolute atomic E-state index is 0.0249. The van der Waals surface area contributed by atoms with E-state index in [0.29, 0.717) is 12.0 Å². The van der Waals surface area contributed by atoms with Crippen LogP contribution in [0.25, 0.3) is 0 Å². The van der Waals surface area contributed by atoms with E-state index in [1.807, 2.05) is 11.8 Å². The number of nitrogens with one attached hydrogen (secondary N) is 1. The fraction of sp³-hybridized carbons (Fsp3) is 1.00. The third-order valence-electron chi connectivity index (χ3n) is 2.87. The SMILES string of the molecule is CC1COC(C)(C2CCSC2)N1. The van der Waals surface area contributed by atoms with Crippen molar-refractivity contribution in [1.82, 2.24) is 5.32 Å². The van der Waals surface area contributed by atoms with Gasteiger partial charge in [-0.1, -0.05) is 0 Å². The van der Waals surface area contributed by atoms with Crippen molar-refractivity contribution in [1.29, 1.82) is 0 Å². The van der Waals surface area contributed by atoms with Gasteiger partial charge in [0.1, 0.15) is 5.72 Å². The lowest BCUT2D eigenvalue weighted by molar-refractivity contribution is -0.0345. The van der Waals surface area contributed by atoms with Crippen LogP contribution >= 0.6 is 11.8 Å². The second kappa shape index (κ2) is 3.20. The van der Waals surface area contributed by atoms with Crippen LogP contribution in [0.5, 0.6) is 0 Å². The lowest BCUT2D eigenvalue weighted by atomic mass is 9.97. The number of rotatable bonds is 1. The summed E-state index contributed by atoms with van der Waals surface area (Å²) in [7, 11) is 0. The van der Waals surface area contributed by atoms with E-state index in [1.54, 1.807) is 0 Å². The highest BCUT2D eigenvalue weighted by Crippen LogP contribution is 2.35. The van der Waals surface area contributed by atoms with E-state index in [0.717, 1.165) is 6.61 Å². The first-order chi connectivity index (χ1) is 5.71. The molecule has 2 fully saturated rings. The summed E-state index contributed by atoms with van der Waals surface area (Å²) in [5.41, 5.74) is -0.0249. The molecule has 0 aromatic carbocycles. The molecule has 0 amide bonds. The molecule has 0 saturated carbocycles. The Hall–Kier alpha value is 0.270. The maximum atomic E-state index is 5.81. The van der Waals surface area contributed by atoms with Gasteiger partial charge in [0.2, 0.25) is 0 Å². The first-order valence-corrected chi connectivity index (χ1v) is 5.85. The highest BCUT2D eigenvalue weighted by Gasteiger charge is 2.41. The van der Waals surface area contributed by atoms with E-state index in [1.165, 1.54) is 17.9 Å². The number of hydrogen-bond donors (Lipinski definition) is 1. The van der Waals surface area contributed by atoms with Gasteiger partial charge in [-0.25, -0.2) is 0 Å². The van der Waals surface area contributed by atoms with Crippen LogP contribution in [0.1, 0.15) is 20.3 Å². The largest absolute Gasteiger partial charge is 0.359 e. The minimum Gasteiger partial charge on any atom is -0.359 e. The first kappa shape index (κ1) is 8.85. The Morgan fingerprint density at radius 2 is 2.42 bits per heavy atom. The highest BCUT2D eigenvalue weighted by molar-refractivity contribution is 7.99. The molecule has 3 unspecified atom stereocenters. The summed E-state index contributed by atoms with van der Waals surface area (Å²) in [6, 6.07) is 0.528. The van der Waals surface area contributed by atoms with Crippen molar-refractivity contribution in [2.75, 3.05) is 18.1 Å². The molecule has 1 N–H and O–H groups in total.